The van der Waals surface area contributed by atoms with E-state index in [0.29, 0.717) is 39.8 Å². The van der Waals surface area contributed by atoms with Gasteiger partial charge in [0.2, 0.25) is 0 Å². The van der Waals surface area contributed by atoms with E-state index in [4.69, 9.17) is 21.4 Å². The number of carbonyl (C=O) groups excluding carboxylic acids is 2. The molecule has 190 valence electrons. The molecule has 0 saturated heterocycles. The summed E-state index contributed by atoms with van der Waals surface area (Å²) >= 11 is 6.24. The number of amides is 2. The van der Waals surface area contributed by atoms with Gasteiger partial charge in [0, 0.05) is 28.8 Å². The molecule has 2 atom stereocenters. The fraction of sp³-hybridized carbons (Fsp3) is 0.241. The monoisotopic (exact) mass is 518 g/mol. The first-order chi connectivity index (χ1) is 17.8. The van der Waals surface area contributed by atoms with Crippen LogP contribution < -0.4 is 14.5 Å². The quantitative estimate of drug-likeness (QED) is 0.442. The van der Waals surface area contributed by atoms with Crippen LogP contribution in [0, 0.1) is 5.92 Å². The van der Waals surface area contributed by atoms with E-state index in [-0.39, 0.29) is 25.7 Å². The molecule has 8 heteroatoms. The summed E-state index contributed by atoms with van der Waals surface area (Å²) in [5.41, 5.74) is 1.48. The number of benzene rings is 3. The molecule has 0 spiro atoms. The number of halogens is 1. The SMILES string of the molecule is C[C@@H](/C=C/CCO)[C@]1(O)C(=O)N(Cc2ccc(N3C(=O)COc4ccccc43)cc2)c2ccc(Cl)cc21. The number of carbonyl (C=O) groups is 2. The molecule has 2 heterocycles. The lowest BCUT2D eigenvalue weighted by Gasteiger charge is -2.29. The molecular formula is C29H27ClN2O5. The maximum absolute atomic E-state index is 13.7. The van der Waals surface area contributed by atoms with Crippen molar-refractivity contribution in [2.75, 3.05) is 23.0 Å². The summed E-state index contributed by atoms with van der Waals surface area (Å²) in [6, 6.07) is 19.9. The van der Waals surface area contributed by atoms with Gasteiger partial charge in [0.15, 0.2) is 12.2 Å². The lowest BCUT2D eigenvalue weighted by molar-refractivity contribution is -0.139. The largest absolute Gasteiger partial charge is 0.482 e. The van der Waals surface area contributed by atoms with Crippen LogP contribution in [-0.4, -0.2) is 35.2 Å². The van der Waals surface area contributed by atoms with Crippen molar-refractivity contribution in [2.45, 2.75) is 25.5 Å². The molecule has 2 amide bonds. The highest BCUT2D eigenvalue weighted by molar-refractivity contribution is 6.31. The summed E-state index contributed by atoms with van der Waals surface area (Å²) in [6.45, 7) is 1.95. The van der Waals surface area contributed by atoms with Crippen molar-refractivity contribution >= 4 is 40.5 Å². The molecule has 0 bridgehead atoms. The molecule has 7 nitrogen and oxygen atoms in total. The van der Waals surface area contributed by atoms with Crippen LogP contribution in [0.3, 0.4) is 0 Å². The molecule has 0 saturated carbocycles. The highest BCUT2D eigenvalue weighted by atomic mass is 35.5. The van der Waals surface area contributed by atoms with E-state index in [1.165, 1.54) is 0 Å². The van der Waals surface area contributed by atoms with Crippen molar-refractivity contribution < 1.29 is 24.5 Å². The Kier molecular flexibility index (Phi) is 6.77. The van der Waals surface area contributed by atoms with Gasteiger partial charge in [-0.15, -0.1) is 0 Å². The zero-order valence-corrected chi connectivity index (χ0v) is 21.1. The molecule has 0 radical (unpaired) electrons. The van der Waals surface area contributed by atoms with Gasteiger partial charge >= 0.3 is 0 Å². The number of fused-ring (bicyclic) bond motifs is 2. The van der Waals surface area contributed by atoms with Crippen LogP contribution in [0.25, 0.3) is 0 Å². The van der Waals surface area contributed by atoms with E-state index >= 15 is 0 Å². The predicted octanol–water partition coefficient (Wildman–Crippen LogP) is 4.71. The standard InChI is InChI=1S/C29H27ClN2O5/c1-19(6-4-5-15-33)29(36)23-16-21(30)11-14-24(23)31(28(29)35)17-20-9-12-22(13-10-20)32-25-7-2-3-8-26(25)37-18-27(32)34/h2-4,6-14,16,19,33,36H,5,15,17-18H2,1H3/b6-4+/t19-,29+/m0/s1. The van der Waals surface area contributed by atoms with Crippen LogP contribution in [0.15, 0.2) is 78.9 Å². The van der Waals surface area contributed by atoms with Crippen LogP contribution in [0.5, 0.6) is 5.75 Å². The third-order valence-electron chi connectivity index (χ3n) is 6.85. The normalized spacial score (nSPS) is 19.7. The third-order valence-corrected chi connectivity index (χ3v) is 7.09. The van der Waals surface area contributed by atoms with Gasteiger partial charge < -0.3 is 19.8 Å². The second-order valence-corrected chi connectivity index (χ2v) is 9.64. The molecule has 0 unspecified atom stereocenters. The topological polar surface area (TPSA) is 90.3 Å². The number of rotatable bonds is 7. The van der Waals surface area contributed by atoms with Gasteiger partial charge in [-0.05, 0) is 54.4 Å². The molecule has 0 fully saturated rings. The summed E-state index contributed by atoms with van der Waals surface area (Å²) in [7, 11) is 0. The lowest BCUT2D eigenvalue weighted by Crippen LogP contribution is -2.44. The number of hydrogen-bond acceptors (Lipinski definition) is 5. The van der Waals surface area contributed by atoms with Crippen molar-refractivity contribution in [3.05, 3.63) is 95.0 Å². The van der Waals surface area contributed by atoms with Gasteiger partial charge in [-0.1, -0.05) is 54.9 Å². The first-order valence-corrected chi connectivity index (χ1v) is 12.5. The Bertz CT molecular complexity index is 1370. The van der Waals surface area contributed by atoms with E-state index in [1.807, 2.05) is 48.5 Å². The number of aliphatic hydroxyl groups excluding tert-OH is 1. The Morgan fingerprint density at radius 1 is 1.08 bits per heavy atom. The molecule has 37 heavy (non-hydrogen) atoms. The van der Waals surface area contributed by atoms with Crippen molar-refractivity contribution in [2.24, 2.45) is 5.92 Å². The maximum atomic E-state index is 13.7. The molecular weight excluding hydrogens is 492 g/mol. The van der Waals surface area contributed by atoms with Crippen molar-refractivity contribution in [1.29, 1.82) is 0 Å². The average molecular weight is 519 g/mol. The number of aliphatic hydroxyl groups is 2. The Hall–Kier alpha value is -3.65. The Morgan fingerprint density at radius 2 is 1.84 bits per heavy atom. The third kappa shape index (κ3) is 4.39. The Labute approximate surface area is 220 Å². The maximum Gasteiger partial charge on any atom is 0.269 e. The molecule has 2 N–H and O–H groups in total. The van der Waals surface area contributed by atoms with Crippen LogP contribution in [0.1, 0.15) is 24.5 Å². The average Bonchev–Trinajstić information content (AvgIpc) is 3.11. The molecule has 2 aliphatic rings. The zero-order chi connectivity index (χ0) is 26.2. The summed E-state index contributed by atoms with van der Waals surface area (Å²) < 4.78 is 5.54. The number of anilines is 3. The first-order valence-electron chi connectivity index (χ1n) is 12.1. The van der Waals surface area contributed by atoms with Gasteiger partial charge in [-0.25, -0.2) is 0 Å². The summed E-state index contributed by atoms with van der Waals surface area (Å²) in [5.74, 6) is -0.498. The van der Waals surface area contributed by atoms with E-state index in [2.05, 4.69) is 0 Å². The van der Waals surface area contributed by atoms with E-state index < -0.39 is 17.4 Å². The van der Waals surface area contributed by atoms with E-state index in [1.54, 1.807) is 47.1 Å². The summed E-state index contributed by atoms with van der Waals surface area (Å²) in [6.07, 6.45) is 3.93. The lowest BCUT2D eigenvalue weighted by atomic mass is 9.83. The van der Waals surface area contributed by atoms with Gasteiger partial charge in [-0.3, -0.25) is 14.5 Å². The second kappa shape index (κ2) is 10.0. The van der Waals surface area contributed by atoms with Gasteiger partial charge in [0.25, 0.3) is 11.8 Å². The van der Waals surface area contributed by atoms with Crippen molar-refractivity contribution in [3.8, 4) is 5.75 Å². The van der Waals surface area contributed by atoms with Gasteiger partial charge in [-0.2, -0.15) is 0 Å². The fourth-order valence-electron chi connectivity index (χ4n) is 4.91. The molecule has 5 rings (SSSR count). The minimum Gasteiger partial charge on any atom is -0.482 e. The Morgan fingerprint density at radius 3 is 2.59 bits per heavy atom. The minimum absolute atomic E-state index is 0.0121. The fourth-order valence-corrected chi connectivity index (χ4v) is 5.08. The summed E-state index contributed by atoms with van der Waals surface area (Å²) in [5, 5.41) is 21.2. The van der Waals surface area contributed by atoms with Gasteiger partial charge in [0.1, 0.15) is 5.75 Å². The highest BCUT2D eigenvalue weighted by Gasteiger charge is 2.52. The van der Waals surface area contributed by atoms with Crippen molar-refractivity contribution in [1.82, 2.24) is 0 Å². The zero-order valence-electron chi connectivity index (χ0n) is 20.3. The summed E-state index contributed by atoms with van der Waals surface area (Å²) in [4.78, 5) is 29.5. The van der Waals surface area contributed by atoms with Crippen LogP contribution >= 0.6 is 11.6 Å². The van der Waals surface area contributed by atoms with Crippen molar-refractivity contribution in [3.63, 3.8) is 0 Å². The van der Waals surface area contributed by atoms with E-state index in [9.17, 15) is 14.7 Å². The van der Waals surface area contributed by atoms with Crippen LogP contribution in [0.4, 0.5) is 17.1 Å². The predicted molar refractivity (Wildman–Crippen MR) is 142 cm³/mol. The first kappa shape index (κ1) is 25.0. The Balaban J connectivity index is 1.43. The number of nitrogens with zero attached hydrogens (tertiary/aromatic N) is 2. The van der Waals surface area contributed by atoms with Gasteiger partial charge in [0.05, 0.1) is 17.9 Å². The highest BCUT2D eigenvalue weighted by Crippen LogP contribution is 2.47. The second-order valence-electron chi connectivity index (χ2n) is 9.20. The molecule has 3 aromatic rings. The smallest absolute Gasteiger partial charge is 0.269 e. The molecule has 0 aromatic heterocycles. The van der Waals surface area contributed by atoms with E-state index in [0.717, 1.165) is 5.56 Å². The number of para-hydroxylation sites is 2. The van der Waals surface area contributed by atoms with Crippen LogP contribution in [-0.2, 0) is 21.7 Å². The van der Waals surface area contributed by atoms with Crippen LogP contribution in [0.2, 0.25) is 5.02 Å². The molecule has 2 aliphatic heterocycles. The molecule has 3 aromatic carbocycles. The number of hydrogen-bond donors (Lipinski definition) is 2. The number of ether oxygens (including phenoxy) is 1. The molecule has 0 aliphatic carbocycles. The minimum atomic E-state index is -1.78.